The Labute approximate surface area is 166 Å². The van der Waals surface area contributed by atoms with Crippen molar-refractivity contribution in [3.63, 3.8) is 0 Å². The second-order valence-corrected chi connectivity index (χ2v) is 6.79. The highest BCUT2D eigenvalue weighted by Crippen LogP contribution is 2.21. The molecule has 8 heteroatoms. The maximum absolute atomic E-state index is 13.0. The fourth-order valence-electron chi connectivity index (χ4n) is 3.01. The minimum atomic E-state index is -0.341. The predicted octanol–water partition coefficient (Wildman–Crippen LogP) is 3.99. The predicted molar refractivity (Wildman–Crippen MR) is 105 cm³/mol. The molecule has 0 bridgehead atoms. The molecular formula is C21H18FN5O2. The summed E-state index contributed by atoms with van der Waals surface area (Å²) in [5.41, 5.74) is 4.01. The van der Waals surface area contributed by atoms with Gasteiger partial charge in [-0.25, -0.2) is 9.37 Å². The smallest absolute Gasteiger partial charge is 0.258 e. The number of hydrogen-bond donors (Lipinski definition) is 1. The van der Waals surface area contributed by atoms with E-state index in [-0.39, 0.29) is 30.0 Å². The highest BCUT2D eigenvalue weighted by atomic mass is 19.1. The lowest BCUT2D eigenvalue weighted by molar-refractivity contribution is -0.116. The summed E-state index contributed by atoms with van der Waals surface area (Å²) in [6, 6.07) is 11.6. The molecule has 29 heavy (non-hydrogen) atoms. The number of rotatable bonds is 5. The maximum atomic E-state index is 13.0. The van der Waals surface area contributed by atoms with Crippen molar-refractivity contribution in [2.75, 3.05) is 5.32 Å². The van der Waals surface area contributed by atoms with Crippen LogP contribution in [0.15, 0.2) is 59.5 Å². The molecule has 0 saturated carbocycles. The first-order valence-electron chi connectivity index (χ1n) is 8.96. The van der Waals surface area contributed by atoms with E-state index in [0.717, 1.165) is 16.8 Å². The van der Waals surface area contributed by atoms with E-state index in [2.05, 4.69) is 20.4 Å². The summed E-state index contributed by atoms with van der Waals surface area (Å²) in [5, 5.41) is 6.79. The number of halogens is 1. The van der Waals surface area contributed by atoms with Gasteiger partial charge in [-0.1, -0.05) is 11.2 Å². The number of benzene rings is 2. The number of nitrogens with zero attached hydrogens (tertiary/aromatic N) is 4. The van der Waals surface area contributed by atoms with Crippen molar-refractivity contribution in [3.05, 3.63) is 71.9 Å². The van der Waals surface area contributed by atoms with Gasteiger partial charge >= 0.3 is 0 Å². The number of aromatic nitrogens is 4. The first-order valence-corrected chi connectivity index (χ1v) is 8.96. The minimum absolute atomic E-state index is 0.0999. The molecule has 0 aliphatic carbocycles. The lowest BCUT2D eigenvalue weighted by Crippen LogP contribution is -2.18. The Balaban J connectivity index is 1.44. The number of amides is 1. The highest BCUT2D eigenvalue weighted by molar-refractivity contribution is 5.90. The largest absolute Gasteiger partial charge is 0.334 e. The van der Waals surface area contributed by atoms with Gasteiger partial charge in [0, 0.05) is 17.4 Å². The average molecular weight is 391 g/mol. The van der Waals surface area contributed by atoms with Gasteiger partial charge in [-0.2, -0.15) is 4.98 Å². The molecule has 4 rings (SSSR count). The van der Waals surface area contributed by atoms with Crippen molar-refractivity contribution in [3.8, 4) is 23.0 Å². The van der Waals surface area contributed by atoms with Crippen LogP contribution in [0.1, 0.15) is 11.1 Å². The van der Waals surface area contributed by atoms with Crippen molar-refractivity contribution in [1.82, 2.24) is 19.7 Å². The van der Waals surface area contributed by atoms with Crippen LogP contribution in [0.5, 0.6) is 0 Å². The number of imidazole rings is 1. The lowest BCUT2D eigenvalue weighted by Gasteiger charge is -2.07. The third kappa shape index (κ3) is 4.37. The fourth-order valence-corrected chi connectivity index (χ4v) is 3.01. The summed E-state index contributed by atoms with van der Waals surface area (Å²) in [5.74, 6) is 0.0466. The van der Waals surface area contributed by atoms with Crippen LogP contribution in [0.25, 0.3) is 23.0 Å². The van der Waals surface area contributed by atoms with Crippen LogP contribution in [0.3, 0.4) is 0 Å². The summed E-state index contributed by atoms with van der Waals surface area (Å²) in [7, 11) is 0. The van der Waals surface area contributed by atoms with Gasteiger partial charge in [-0.3, -0.25) is 4.79 Å². The zero-order valence-electron chi connectivity index (χ0n) is 15.9. The topological polar surface area (TPSA) is 85.8 Å². The van der Waals surface area contributed by atoms with E-state index in [1.54, 1.807) is 22.9 Å². The van der Waals surface area contributed by atoms with Crippen LogP contribution < -0.4 is 5.32 Å². The van der Waals surface area contributed by atoms with E-state index >= 15 is 0 Å². The quantitative estimate of drug-likeness (QED) is 0.556. The molecule has 4 aromatic rings. The van der Waals surface area contributed by atoms with Crippen LogP contribution >= 0.6 is 0 Å². The van der Waals surface area contributed by atoms with Gasteiger partial charge < -0.3 is 14.4 Å². The van der Waals surface area contributed by atoms with E-state index in [9.17, 15) is 9.18 Å². The molecule has 7 nitrogen and oxygen atoms in total. The Kier molecular flexibility index (Phi) is 4.90. The standard InChI is InChI=1S/C21H18FN5O2/c1-13-7-14(2)9-17(8-13)24-19(28)11-27-10-18(23-12-27)20-25-21(29-26-20)15-3-5-16(22)6-4-15/h3-10,12H,11H2,1-2H3,(H,24,28). The molecule has 2 aromatic carbocycles. The average Bonchev–Trinajstić information content (AvgIpc) is 3.31. The number of carbonyl (C=O) groups excluding carboxylic acids is 1. The van der Waals surface area contributed by atoms with Gasteiger partial charge in [0.1, 0.15) is 18.1 Å². The molecule has 1 amide bonds. The Hall–Kier alpha value is -3.81. The fraction of sp³-hybridized carbons (Fsp3) is 0.143. The molecule has 0 aliphatic rings. The summed E-state index contributed by atoms with van der Waals surface area (Å²) in [6.07, 6.45) is 3.20. The van der Waals surface area contributed by atoms with Crippen molar-refractivity contribution in [1.29, 1.82) is 0 Å². The van der Waals surface area contributed by atoms with Crippen LogP contribution in [0.4, 0.5) is 10.1 Å². The van der Waals surface area contributed by atoms with Crippen LogP contribution in [-0.4, -0.2) is 25.6 Å². The summed E-state index contributed by atoms with van der Waals surface area (Å²) in [4.78, 5) is 20.8. The van der Waals surface area contributed by atoms with Crippen molar-refractivity contribution in [2.45, 2.75) is 20.4 Å². The molecule has 2 aromatic heterocycles. The Morgan fingerprint density at radius 3 is 2.59 bits per heavy atom. The maximum Gasteiger partial charge on any atom is 0.258 e. The molecule has 0 atom stereocenters. The molecule has 0 spiro atoms. The molecule has 0 aliphatic heterocycles. The zero-order chi connectivity index (χ0) is 20.4. The SMILES string of the molecule is Cc1cc(C)cc(NC(=O)Cn2cnc(-c3noc(-c4ccc(F)cc4)n3)c2)c1. The Bertz CT molecular complexity index is 1140. The molecule has 2 heterocycles. The molecule has 0 unspecified atom stereocenters. The van der Waals surface area contributed by atoms with Crippen molar-refractivity contribution < 1.29 is 13.7 Å². The summed E-state index contributed by atoms with van der Waals surface area (Å²) >= 11 is 0. The molecule has 0 fully saturated rings. The van der Waals surface area contributed by atoms with E-state index in [1.165, 1.54) is 18.5 Å². The molecule has 1 N–H and O–H groups in total. The van der Waals surface area contributed by atoms with E-state index in [1.807, 2.05) is 32.0 Å². The molecule has 146 valence electrons. The molecular weight excluding hydrogens is 373 g/mol. The molecule has 0 radical (unpaired) electrons. The summed E-state index contributed by atoms with van der Waals surface area (Å²) < 4.78 is 19.9. The van der Waals surface area contributed by atoms with Crippen molar-refractivity contribution in [2.24, 2.45) is 0 Å². The monoisotopic (exact) mass is 391 g/mol. The summed E-state index contributed by atoms with van der Waals surface area (Å²) in [6.45, 7) is 4.06. The lowest BCUT2D eigenvalue weighted by atomic mass is 10.1. The Morgan fingerprint density at radius 1 is 1.14 bits per heavy atom. The van der Waals surface area contributed by atoms with Gasteiger partial charge in [0.15, 0.2) is 0 Å². The van der Waals surface area contributed by atoms with Crippen LogP contribution in [0.2, 0.25) is 0 Å². The number of anilines is 1. The number of aryl methyl sites for hydroxylation is 2. The van der Waals surface area contributed by atoms with Gasteiger partial charge in [-0.15, -0.1) is 0 Å². The van der Waals surface area contributed by atoms with Gasteiger partial charge in [-0.05, 0) is 61.4 Å². The van der Waals surface area contributed by atoms with E-state index in [0.29, 0.717) is 11.3 Å². The number of hydrogen-bond acceptors (Lipinski definition) is 5. The third-order valence-electron chi connectivity index (χ3n) is 4.21. The van der Waals surface area contributed by atoms with E-state index in [4.69, 9.17) is 4.52 Å². The van der Waals surface area contributed by atoms with Crippen LogP contribution in [0, 0.1) is 19.7 Å². The second kappa shape index (κ2) is 7.67. The second-order valence-electron chi connectivity index (χ2n) is 6.79. The van der Waals surface area contributed by atoms with E-state index < -0.39 is 0 Å². The van der Waals surface area contributed by atoms with Gasteiger partial charge in [0.05, 0.1) is 6.33 Å². The third-order valence-corrected chi connectivity index (χ3v) is 4.21. The van der Waals surface area contributed by atoms with Crippen molar-refractivity contribution >= 4 is 11.6 Å². The number of carbonyl (C=O) groups is 1. The first-order chi connectivity index (χ1) is 14.0. The normalized spacial score (nSPS) is 10.9. The first kappa shape index (κ1) is 18.5. The number of nitrogens with one attached hydrogen (secondary N) is 1. The minimum Gasteiger partial charge on any atom is -0.334 e. The Morgan fingerprint density at radius 2 is 1.86 bits per heavy atom. The zero-order valence-corrected chi connectivity index (χ0v) is 15.9. The van der Waals surface area contributed by atoms with Gasteiger partial charge in [0.25, 0.3) is 5.89 Å². The van der Waals surface area contributed by atoms with Crippen LogP contribution in [-0.2, 0) is 11.3 Å². The highest BCUT2D eigenvalue weighted by Gasteiger charge is 2.14. The molecule has 0 saturated heterocycles. The van der Waals surface area contributed by atoms with Gasteiger partial charge in [0.2, 0.25) is 11.7 Å².